The molecule has 1 aromatic heterocycles. The Bertz CT molecular complexity index is 1050. The fourth-order valence-electron chi connectivity index (χ4n) is 4.98. The summed E-state index contributed by atoms with van der Waals surface area (Å²) in [6.45, 7) is 13.7. The minimum Gasteiger partial charge on any atom is -0.491 e. The third-order valence-corrected chi connectivity index (χ3v) is 6.96. The van der Waals surface area contributed by atoms with E-state index in [0.29, 0.717) is 24.5 Å². The number of hydrogen-bond acceptors (Lipinski definition) is 6. The van der Waals surface area contributed by atoms with Gasteiger partial charge in [0.1, 0.15) is 30.2 Å². The van der Waals surface area contributed by atoms with Crippen LogP contribution in [0.3, 0.4) is 0 Å². The van der Waals surface area contributed by atoms with Gasteiger partial charge in [0.05, 0.1) is 25.3 Å². The molecule has 0 bridgehead atoms. The smallest absolute Gasteiger partial charge is 0.155 e. The van der Waals surface area contributed by atoms with Gasteiger partial charge in [-0.15, -0.1) is 0 Å². The molecule has 182 valence electrons. The molecule has 3 aliphatic rings. The predicted molar refractivity (Wildman–Crippen MR) is 133 cm³/mol. The number of rotatable bonds is 6. The van der Waals surface area contributed by atoms with Gasteiger partial charge in [0.25, 0.3) is 0 Å². The van der Waals surface area contributed by atoms with Crippen molar-refractivity contribution in [3.05, 3.63) is 35.7 Å². The Hall–Kier alpha value is -2.75. The second-order valence-electron chi connectivity index (χ2n) is 9.59. The Kier molecular flexibility index (Phi) is 6.67. The second-order valence-corrected chi connectivity index (χ2v) is 9.59. The minimum absolute atomic E-state index is 0.195. The van der Waals surface area contributed by atoms with Gasteiger partial charge in [0, 0.05) is 50.5 Å². The molecule has 1 unspecified atom stereocenters. The average molecular weight is 466 g/mol. The summed E-state index contributed by atoms with van der Waals surface area (Å²) in [5.74, 6) is 2.37. The molecule has 0 saturated carbocycles. The topological polar surface area (TPSA) is 91.0 Å². The molecule has 4 heterocycles. The monoisotopic (exact) mass is 465 g/mol. The van der Waals surface area contributed by atoms with Gasteiger partial charge in [-0.25, -0.2) is 9.98 Å². The maximum Gasteiger partial charge on any atom is 0.155 e. The average Bonchev–Trinajstić information content (AvgIpc) is 3.15. The van der Waals surface area contributed by atoms with Crippen molar-refractivity contribution in [1.82, 2.24) is 24.7 Å². The maximum atomic E-state index is 7.44. The number of imidazole rings is 1. The quantitative estimate of drug-likeness (QED) is 0.503. The van der Waals surface area contributed by atoms with Crippen LogP contribution in [0.25, 0.3) is 11.4 Å². The zero-order valence-electron chi connectivity index (χ0n) is 20.3. The van der Waals surface area contributed by atoms with Gasteiger partial charge in [-0.05, 0) is 38.5 Å². The number of benzene rings is 1. The van der Waals surface area contributed by atoms with Crippen molar-refractivity contribution in [1.29, 1.82) is 5.41 Å². The van der Waals surface area contributed by atoms with Gasteiger partial charge in [-0.1, -0.05) is 6.07 Å². The lowest BCUT2D eigenvalue weighted by atomic mass is 9.97. The van der Waals surface area contributed by atoms with Crippen LogP contribution < -0.4 is 10.1 Å². The number of nitrogens with zero attached hydrogens (tertiary/aromatic N) is 5. The van der Waals surface area contributed by atoms with Crippen LogP contribution in [-0.4, -0.2) is 89.6 Å². The molecule has 9 nitrogen and oxygen atoms in total. The highest BCUT2D eigenvalue weighted by atomic mass is 16.5. The number of fused-ring (bicyclic) bond motifs is 3. The van der Waals surface area contributed by atoms with E-state index in [2.05, 4.69) is 63.6 Å². The summed E-state index contributed by atoms with van der Waals surface area (Å²) in [4.78, 5) is 14.2. The van der Waals surface area contributed by atoms with Crippen LogP contribution in [0.15, 0.2) is 29.4 Å². The summed E-state index contributed by atoms with van der Waals surface area (Å²) in [5, 5.41) is 10.7. The number of morpholine rings is 1. The van der Waals surface area contributed by atoms with Gasteiger partial charge >= 0.3 is 0 Å². The van der Waals surface area contributed by atoms with E-state index in [1.54, 1.807) is 0 Å². The van der Waals surface area contributed by atoms with E-state index >= 15 is 0 Å². The summed E-state index contributed by atoms with van der Waals surface area (Å²) in [6, 6.07) is 7.67. The molecule has 0 spiro atoms. The second kappa shape index (κ2) is 9.85. The van der Waals surface area contributed by atoms with Crippen molar-refractivity contribution in [2.45, 2.75) is 45.4 Å². The number of amidine groups is 1. The number of hydrogen-bond donors (Lipinski definition) is 2. The summed E-state index contributed by atoms with van der Waals surface area (Å²) in [7, 11) is 0. The van der Waals surface area contributed by atoms with Crippen molar-refractivity contribution >= 4 is 12.2 Å². The van der Waals surface area contributed by atoms with Crippen molar-refractivity contribution in [2.24, 2.45) is 4.99 Å². The van der Waals surface area contributed by atoms with E-state index in [1.807, 2.05) is 6.20 Å². The van der Waals surface area contributed by atoms with Crippen LogP contribution in [0, 0.1) is 5.41 Å². The lowest BCUT2D eigenvalue weighted by molar-refractivity contribution is -0.0434. The number of aliphatic imine (C=N–C) groups is 1. The highest BCUT2D eigenvalue weighted by Crippen LogP contribution is 2.36. The van der Waals surface area contributed by atoms with Crippen LogP contribution in [0.2, 0.25) is 0 Å². The molecular formula is C25H35N7O2. The van der Waals surface area contributed by atoms with Gasteiger partial charge in [0.15, 0.2) is 5.84 Å². The Morgan fingerprint density at radius 1 is 1.18 bits per heavy atom. The van der Waals surface area contributed by atoms with Gasteiger partial charge in [0.2, 0.25) is 0 Å². The van der Waals surface area contributed by atoms with Crippen LogP contribution >= 0.6 is 0 Å². The molecular weight excluding hydrogens is 430 g/mol. The van der Waals surface area contributed by atoms with Crippen LogP contribution in [0.1, 0.15) is 38.1 Å². The molecule has 2 fully saturated rings. The number of nitrogens with one attached hydrogen (secondary N) is 2. The van der Waals surface area contributed by atoms with E-state index in [4.69, 9.17) is 19.9 Å². The molecule has 9 heteroatoms. The molecule has 2 aromatic rings. The maximum absolute atomic E-state index is 7.44. The molecule has 5 rings (SSSR count). The summed E-state index contributed by atoms with van der Waals surface area (Å²) >= 11 is 0. The summed E-state index contributed by atoms with van der Waals surface area (Å²) in [6.07, 6.45) is 3.06. The van der Waals surface area contributed by atoms with E-state index in [9.17, 15) is 0 Å². The Balaban J connectivity index is 1.38. The number of aromatic nitrogens is 2. The third-order valence-electron chi connectivity index (χ3n) is 6.96. The largest absolute Gasteiger partial charge is 0.491 e. The Morgan fingerprint density at radius 2 is 1.97 bits per heavy atom. The van der Waals surface area contributed by atoms with Crippen molar-refractivity contribution in [2.75, 3.05) is 46.0 Å². The van der Waals surface area contributed by atoms with Crippen molar-refractivity contribution in [3.63, 3.8) is 0 Å². The van der Waals surface area contributed by atoms with Gasteiger partial charge in [-0.2, -0.15) is 0 Å². The van der Waals surface area contributed by atoms with Crippen molar-refractivity contribution < 1.29 is 9.47 Å². The first-order valence-corrected chi connectivity index (χ1v) is 12.3. The first-order valence-electron chi connectivity index (χ1n) is 12.3. The lowest BCUT2D eigenvalue weighted by Crippen LogP contribution is -2.61. The van der Waals surface area contributed by atoms with E-state index in [-0.39, 0.29) is 6.04 Å². The zero-order chi connectivity index (χ0) is 23.7. The first-order chi connectivity index (χ1) is 16.5. The molecule has 0 radical (unpaired) electrons. The molecule has 1 aromatic carbocycles. The molecule has 0 amide bonds. The molecule has 3 aliphatic heterocycles. The highest BCUT2D eigenvalue weighted by Gasteiger charge is 2.35. The summed E-state index contributed by atoms with van der Waals surface area (Å²) < 4.78 is 13.7. The highest BCUT2D eigenvalue weighted by molar-refractivity contribution is 6.01. The lowest BCUT2D eigenvalue weighted by Gasteiger charge is -2.49. The van der Waals surface area contributed by atoms with Crippen molar-refractivity contribution in [3.8, 4) is 17.1 Å². The summed E-state index contributed by atoms with van der Waals surface area (Å²) in [5.41, 5.74) is 3.03. The van der Waals surface area contributed by atoms with Gasteiger partial charge < -0.3 is 19.4 Å². The SMILES string of the molecule is CC(C)N/C(=N\C=N)c1cn2c(n1)-c1cc(C(C)N3CC(N4CCOCC4)C3)ccc1OCC2. The number of likely N-dealkylation sites (tertiary alicyclic amines) is 1. The molecule has 2 N–H and O–H groups in total. The molecule has 2 saturated heterocycles. The van der Waals surface area contributed by atoms with E-state index in [0.717, 1.165) is 75.1 Å². The zero-order valence-corrected chi connectivity index (χ0v) is 20.3. The third kappa shape index (κ3) is 4.60. The fourth-order valence-corrected chi connectivity index (χ4v) is 4.98. The van der Waals surface area contributed by atoms with Crippen LogP contribution in [0.5, 0.6) is 5.75 Å². The Labute approximate surface area is 201 Å². The molecule has 34 heavy (non-hydrogen) atoms. The normalized spacial score (nSPS) is 20.6. The fraction of sp³-hybridized carbons (Fsp3) is 0.560. The number of ether oxygens (including phenoxy) is 2. The first kappa shape index (κ1) is 23.0. The van der Waals surface area contributed by atoms with E-state index < -0.39 is 0 Å². The predicted octanol–water partition coefficient (Wildman–Crippen LogP) is 2.37. The molecule has 0 aliphatic carbocycles. The minimum atomic E-state index is 0.195. The Morgan fingerprint density at radius 3 is 2.71 bits per heavy atom. The van der Waals surface area contributed by atoms with Crippen LogP contribution in [0.4, 0.5) is 0 Å². The molecule has 1 atom stereocenters. The van der Waals surface area contributed by atoms with E-state index in [1.165, 1.54) is 5.56 Å². The standard InChI is InChI=1S/C25H35N7O2/c1-17(2)28-24(27-16-26)22-15-31-8-11-34-23-5-4-19(12-21(23)25(31)29-22)18(3)32-13-20(14-32)30-6-9-33-10-7-30/h4-5,12,15-18,20H,6-11,13-14H2,1-3H3,(H2,26,27,28). The van der Waals surface area contributed by atoms with Crippen LogP contribution in [-0.2, 0) is 11.3 Å². The van der Waals surface area contributed by atoms with Gasteiger partial charge in [-0.3, -0.25) is 15.2 Å².